The lowest BCUT2D eigenvalue weighted by atomic mass is 10.1. The van der Waals surface area contributed by atoms with Gasteiger partial charge in [0.2, 0.25) is 0 Å². The van der Waals surface area contributed by atoms with Crippen LogP contribution < -0.4 is 5.73 Å². The number of carbonyl (C=O) groups is 2. The average Bonchev–Trinajstić information content (AvgIpc) is 2.56. The molecule has 5 nitrogen and oxygen atoms in total. The first-order valence-corrected chi connectivity index (χ1v) is 9.72. The molecule has 0 aromatic carbocycles. The highest BCUT2D eigenvalue weighted by atomic mass is 16.5. The van der Waals surface area contributed by atoms with Crippen molar-refractivity contribution in [1.29, 1.82) is 0 Å². The predicted octanol–water partition coefficient (Wildman–Crippen LogP) is 4.42. The third-order valence-electron chi connectivity index (χ3n) is 4.21. The highest BCUT2D eigenvalue weighted by Crippen LogP contribution is 2.12. The maximum atomic E-state index is 11.5. The molecule has 0 bridgehead atoms. The summed E-state index contributed by atoms with van der Waals surface area (Å²) in [6, 6.07) is -0.821. The van der Waals surface area contributed by atoms with Gasteiger partial charge in [-0.3, -0.25) is 9.59 Å². The first-order chi connectivity index (χ1) is 11.6. The molecule has 142 valence electrons. The Morgan fingerprint density at radius 3 is 1.79 bits per heavy atom. The molecule has 0 aliphatic carbocycles. The number of carboxylic acids is 1. The van der Waals surface area contributed by atoms with Gasteiger partial charge in [0.25, 0.3) is 0 Å². The zero-order chi connectivity index (χ0) is 18.0. The number of hydrogen-bond acceptors (Lipinski definition) is 4. The molecule has 0 fully saturated rings. The normalized spacial score (nSPS) is 12.1. The van der Waals surface area contributed by atoms with Crippen molar-refractivity contribution >= 4 is 11.9 Å². The molecule has 1 atom stereocenters. The molecule has 0 aromatic rings. The average molecular weight is 344 g/mol. The Labute approximate surface area is 147 Å². The van der Waals surface area contributed by atoms with E-state index in [2.05, 4.69) is 6.92 Å². The van der Waals surface area contributed by atoms with Crippen molar-refractivity contribution < 1.29 is 19.4 Å². The van der Waals surface area contributed by atoms with Crippen molar-refractivity contribution in [3.05, 3.63) is 0 Å². The zero-order valence-electron chi connectivity index (χ0n) is 15.4. The lowest BCUT2D eigenvalue weighted by molar-refractivity contribution is -0.145. The predicted molar refractivity (Wildman–Crippen MR) is 96.9 cm³/mol. The zero-order valence-corrected chi connectivity index (χ0v) is 15.4. The van der Waals surface area contributed by atoms with Crippen LogP contribution in [0.5, 0.6) is 0 Å². The number of esters is 1. The SMILES string of the molecule is CCCCCCCCCCCCCCOC(=O)[C@@H](N)CCC(=O)O. The first kappa shape index (κ1) is 22.9. The molecule has 3 N–H and O–H groups in total. The van der Waals surface area contributed by atoms with Crippen LogP contribution in [0.4, 0.5) is 0 Å². The van der Waals surface area contributed by atoms with Gasteiger partial charge in [0, 0.05) is 6.42 Å². The highest BCUT2D eigenvalue weighted by Gasteiger charge is 2.15. The number of unbranched alkanes of at least 4 members (excludes halogenated alkanes) is 11. The van der Waals surface area contributed by atoms with E-state index in [1.165, 1.54) is 64.2 Å². The van der Waals surface area contributed by atoms with Crippen molar-refractivity contribution in [3.8, 4) is 0 Å². The Hall–Kier alpha value is -1.10. The van der Waals surface area contributed by atoms with Gasteiger partial charge in [-0.15, -0.1) is 0 Å². The molecule has 5 heteroatoms. The van der Waals surface area contributed by atoms with Crippen molar-refractivity contribution in [2.75, 3.05) is 6.61 Å². The van der Waals surface area contributed by atoms with Crippen LogP contribution in [0.1, 0.15) is 96.8 Å². The maximum absolute atomic E-state index is 11.5. The molecule has 24 heavy (non-hydrogen) atoms. The topological polar surface area (TPSA) is 89.6 Å². The standard InChI is InChI=1S/C19H37NO4/c1-2-3-4-5-6-7-8-9-10-11-12-13-16-24-19(23)17(20)14-15-18(21)22/h17H,2-16,20H2,1H3,(H,21,22)/t17-/m0/s1. The van der Waals surface area contributed by atoms with E-state index >= 15 is 0 Å². The molecule has 0 aliphatic rings. The van der Waals surface area contributed by atoms with E-state index in [4.69, 9.17) is 15.6 Å². The minimum Gasteiger partial charge on any atom is -0.481 e. The number of aliphatic carboxylic acids is 1. The van der Waals surface area contributed by atoms with Crippen molar-refractivity contribution in [2.45, 2.75) is 103 Å². The summed E-state index contributed by atoms with van der Waals surface area (Å²) in [5.74, 6) is -1.43. The van der Waals surface area contributed by atoms with Crippen LogP contribution in [0.25, 0.3) is 0 Å². The fraction of sp³-hybridized carbons (Fsp3) is 0.895. The van der Waals surface area contributed by atoms with E-state index < -0.39 is 18.0 Å². The second-order valence-electron chi connectivity index (χ2n) is 6.60. The van der Waals surface area contributed by atoms with E-state index in [-0.39, 0.29) is 12.8 Å². The van der Waals surface area contributed by atoms with Gasteiger partial charge < -0.3 is 15.6 Å². The molecule has 0 saturated heterocycles. The Bertz CT molecular complexity index is 320. The molecule has 0 amide bonds. The van der Waals surface area contributed by atoms with Crippen LogP contribution in [0.3, 0.4) is 0 Å². The van der Waals surface area contributed by atoms with E-state index in [1.807, 2.05) is 0 Å². The number of rotatable bonds is 17. The number of ether oxygens (including phenoxy) is 1. The van der Waals surface area contributed by atoms with E-state index in [0.29, 0.717) is 6.61 Å². The third kappa shape index (κ3) is 15.8. The Kier molecular flexibility index (Phi) is 16.0. The first-order valence-electron chi connectivity index (χ1n) is 9.72. The Morgan fingerprint density at radius 2 is 1.33 bits per heavy atom. The molecular weight excluding hydrogens is 306 g/mol. The minimum atomic E-state index is -0.945. The van der Waals surface area contributed by atoms with Gasteiger partial charge in [-0.05, 0) is 12.8 Å². The number of carbonyl (C=O) groups excluding carboxylic acids is 1. The molecule has 0 rings (SSSR count). The van der Waals surface area contributed by atoms with Crippen LogP contribution in [0, 0.1) is 0 Å². The van der Waals surface area contributed by atoms with Gasteiger partial charge in [-0.25, -0.2) is 0 Å². The number of hydrogen-bond donors (Lipinski definition) is 2. The van der Waals surface area contributed by atoms with E-state index in [1.54, 1.807) is 0 Å². The van der Waals surface area contributed by atoms with Gasteiger partial charge in [0.05, 0.1) is 6.61 Å². The summed E-state index contributed by atoms with van der Waals surface area (Å²) in [5.41, 5.74) is 5.57. The molecular formula is C19H37NO4. The lowest BCUT2D eigenvalue weighted by Gasteiger charge is -2.10. The van der Waals surface area contributed by atoms with E-state index in [0.717, 1.165) is 12.8 Å². The summed E-state index contributed by atoms with van der Waals surface area (Å²) in [5, 5.41) is 8.54. The van der Waals surface area contributed by atoms with Gasteiger partial charge in [0.1, 0.15) is 6.04 Å². The van der Waals surface area contributed by atoms with Crippen molar-refractivity contribution in [2.24, 2.45) is 5.73 Å². The molecule has 0 saturated carbocycles. The second-order valence-corrected chi connectivity index (χ2v) is 6.60. The van der Waals surface area contributed by atoms with Gasteiger partial charge in [-0.1, -0.05) is 77.6 Å². The van der Waals surface area contributed by atoms with E-state index in [9.17, 15) is 9.59 Å². The fourth-order valence-corrected chi connectivity index (χ4v) is 2.62. The van der Waals surface area contributed by atoms with Crippen LogP contribution in [-0.4, -0.2) is 29.7 Å². The molecule has 0 aliphatic heterocycles. The third-order valence-corrected chi connectivity index (χ3v) is 4.21. The molecule has 0 heterocycles. The highest BCUT2D eigenvalue weighted by molar-refractivity contribution is 5.76. The van der Waals surface area contributed by atoms with Crippen LogP contribution >= 0.6 is 0 Å². The Morgan fingerprint density at radius 1 is 0.875 bits per heavy atom. The summed E-state index contributed by atoms with van der Waals surface area (Å²) in [6.07, 6.45) is 15.2. The monoisotopic (exact) mass is 343 g/mol. The van der Waals surface area contributed by atoms with Gasteiger partial charge >= 0.3 is 11.9 Å². The largest absolute Gasteiger partial charge is 0.481 e. The van der Waals surface area contributed by atoms with Crippen LogP contribution in [-0.2, 0) is 14.3 Å². The maximum Gasteiger partial charge on any atom is 0.322 e. The quantitative estimate of drug-likeness (QED) is 0.301. The smallest absolute Gasteiger partial charge is 0.322 e. The number of carboxylic acid groups (broad SMARTS) is 1. The molecule has 0 spiro atoms. The summed E-state index contributed by atoms with van der Waals surface area (Å²) in [4.78, 5) is 21.9. The van der Waals surface area contributed by atoms with Crippen molar-refractivity contribution in [1.82, 2.24) is 0 Å². The summed E-state index contributed by atoms with van der Waals surface area (Å²) in [6.45, 7) is 2.63. The minimum absolute atomic E-state index is 0.102. The van der Waals surface area contributed by atoms with Gasteiger partial charge in [-0.2, -0.15) is 0 Å². The molecule has 0 radical (unpaired) electrons. The number of nitrogens with two attached hydrogens (primary N) is 1. The lowest BCUT2D eigenvalue weighted by Crippen LogP contribution is -2.33. The van der Waals surface area contributed by atoms with Gasteiger partial charge in [0.15, 0.2) is 0 Å². The summed E-state index contributed by atoms with van der Waals surface area (Å²) in [7, 11) is 0. The fourth-order valence-electron chi connectivity index (χ4n) is 2.62. The summed E-state index contributed by atoms with van der Waals surface area (Å²) < 4.78 is 5.07. The molecule has 0 aromatic heterocycles. The van der Waals surface area contributed by atoms with Crippen LogP contribution in [0.2, 0.25) is 0 Å². The van der Waals surface area contributed by atoms with Crippen LogP contribution in [0.15, 0.2) is 0 Å². The Balaban J connectivity index is 3.27. The van der Waals surface area contributed by atoms with Crippen molar-refractivity contribution in [3.63, 3.8) is 0 Å². The second kappa shape index (κ2) is 16.7. The summed E-state index contributed by atoms with van der Waals surface area (Å²) >= 11 is 0. The molecule has 0 unspecified atom stereocenters.